The molecular formula is C37H46N6O5. The number of carbonyl (C=O) groups is 2. The Balaban J connectivity index is 1.23. The number of aromatic nitrogens is 3. The molecular weight excluding hydrogens is 608 g/mol. The van der Waals surface area contributed by atoms with E-state index in [0.717, 1.165) is 24.1 Å². The number of Topliss-reactive ketones (excluding diaryl/α,β-unsaturated/α-hetero) is 2. The van der Waals surface area contributed by atoms with Gasteiger partial charge in [0.1, 0.15) is 5.75 Å². The highest BCUT2D eigenvalue weighted by Crippen LogP contribution is 2.21. The first-order valence-corrected chi connectivity index (χ1v) is 16.7. The Kier molecular flexibility index (Phi) is 15.3. The van der Waals surface area contributed by atoms with Crippen molar-refractivity contribution in [2.24, 2.45) is 0 Å². The van der Waals surface area contributed by atoms with E-state index in [9.17, 15) is 14.7 Å². The van der Waals surface area contributed by atoms with E-state index in [1.54, 1.807) is 24.3 Å². The lowest BCUT2D eigenvalue weighted by atomic mass is 10.0. The third kappa shape index (κ3) is 13.1. The van der Waals surface area contributed by atoms with Crippen molar-refractivity contribution in [3.63, 3.8) is 0 Å². The quantitative estimate of drug-likeness (QED) is 0.0354. The molecule has 254 valence electrons. The van der Waals surface area contributed by atoms with Crippen molar-refractivity contribution in [2.45, 2.75) is 58.3 Å². The van der Waals surface area contributed by atoms with Crippen LogP contribution in [0.2, 0.25) is 0 Å². The molecule has 0 radical (unpaired) electrons. The average Bonchev–Trinajstić information content (AvgIpc) is 3.10. The standard InChI is InChI=1S/C37H46N6O5/c1-2-3-4-5-9-13-33(45)29-15-17-30(18-16-29)39-36-41-35(42-37(43-36)40-31-19-21-32(44)22-20-31)38-23-25-48-27-26-47-24-10-14-34(46)28-11-7-6-8-12-28/h6-8,11-12,15-22,44H,2-5,9-10,13-14,23-27H2,1H3,(H3,38,39,40,41,42,43). The maximum absolute atomic E-state index is 12.6. The van der Waals surface area contributed by atoms with Crippen molar-refractivity contribution in [2.75, 3.05) is 48.9 Å². The van der Waals surface area contributed by atoms with Gasteiger partial charge in [0.25, 0.3) is 0 Å². The van der Waals surface area contributed by atoms with Gasteiger partial charge in [0, 0.05) is 48.5 Å². The summed E-state index contributed by atoms with van der Waals surface area (Å²) >= 11 is 0. The summed E-state index contributed by atoms with van der Waals surface area (Å²) < 4.78 is 11.3. The van der Waals surface area contributed by atoms with Gasteiger partial charge in [-0.2, -0.15) is 15.0 Å². The molecule has 0 saturated carbocycles. The number of nitrogens with zero attached hydrogens (tertiary/aromatic N) is 3. The van der Waals surface area contributed by atoms with Crippen LogP contribution in [-0.2, 0) is 9.47 Å². The molecule has 11 heteroatoms. The molecule has 4 rings (SSSR count). The number of carbonyl (C=O) groups excluding carboxylic acids is 2. The van der Waals surface area contributed by atoms with E-state index in [4.69, 9.17) is 9.47 Å². The summed E-state index contributed by atoms with van der Waals surface area (Å²) in [5.74, 6) is 1.37. The number of benzene rings is 3. The molecule has 0 fully saturated rings. The Morgan fingerprint density at radius 1 is 0.604 bits per heavy atom. The molecule has 0 aliphatic heterocycles. The minimum Gasteiger partial charge on any atom is -0.508 e. The van der Waals surface area contributed by atoms with Gasteiger partial charge in [0.15, 0.2) is 11.6 Å². The Morgan fingerprint density at radius 3 is 1.79 bits per heavy atom. The summed E-state index contributed by atoms with van der Waals surface area (Å²) in [7, 11) is 0. The predicted molar refractivity (Wildman–Crippen MR) is 189 cm³/mol. The van der Waals surface area contributed by atoms with Gasteiger partial charge in [-0.3, -0.25) is 9.59 Å². The molecule has 4 aromatic rings. The summed E-state index contributed by atoms with van der Waals surface area (Å²) in [5, 5.41) is 19.1. The maximum Gasteiger partial charge on any atom is 0.233 e. The first-order valence-electron chi connectivity index (χ1n) is 16.7. The van der Waals surface area contributed by atoms with Gasteiger partial charge in [-0.25, -0.2) is 0 Å². The van der Waals surface area contributed by atoms with E-state index in [0.29, 0.717) is 81.3 Å². The summed E-state index contributed by atoms with van der Waals surface area (Å²) in [6, 6.07) is 23.2. The molecule has 0 aliphatic carbocycles. The van der Waals surface area contributed by atoms with Crippen molar-refractivity contribution < 1.29 is 24.2 Å². The predicted octanol–water partition coefficient (Wildman–Crippen LogP) is 7.72. The van der Waals surface area contributed by atoms with E-state index in [2.05, 4.69) is 37.8 Å². The fourth-order valence-corrected chi connectivity index (χ4v) is 4.80. The van der Waals surface area contributed by atoms with Gasteiger partial charge in [0.05, 0.1) is 19.8 Å². The number of hydrogen-bond acceptors (Lipinski definition) is 11. The SMILES string of the molecule is CCCCCCCC(=O)c1ccc(Nc2nc(NCCOCCOCCCC(=O)c3ccccc3)nc(Nc3ccc(O)cc3)n2)cc1. The van der Waals surface area contributed by atoms with Crippen LogP contribution in [0.25, 0.3) is 0 Å². The van der Waals surface area contributed by atoms with Gasteiger partial charge in [-0.05, 0) is 61.4 Å². The second-order valence-electron chi connectivity index (χ2n) is 11.3. The molecule has 3 aromatic carbocycles. The molecule has 1 aromatic heterocycles. The maximum atomic E-state index is 12.6. The number of phenolic OH excluding ortho intramolecular Hbond substituents is 1. The van der Waals surface area contributed by atoms with E-state index in [-0.39, 0.29) is 17.3 Å². The zero-order chi connectivity index (χ0) is 33.8. The lowest BCUT2D eigenvalue weighted by molar-refractivity contribution is 0.0497. The highest BCUT2D eigenvalue weighted by atomic mass is 16.5. The molecule has 0 saturated heterocycles. The third-order valence-electron chi connectivity index (χ3n) is 7.42. The largest absolute Gasteiger partial charge is 0.508 e. The second kappa shape index (κ2) is 20.4. The number of anilines is 5. The molecule has 48 heavy (non-hydrogen) atoms. The smallest absolute Gasteiger partial charge is 0.233 e. The molecule has 1 heterocycles. The minimum absolute atomic E-state index is 0.118. The van der Waals surface area contributed by atoms with Crippen molar-refractivity contribution in [3.05, 3.63) is 90.0 Å². The zero-order valence-electron chi connectivity index (χ0n) is 27.6. The average molecular weight is 655 g/mol. The van der Waals surface area contributed by atoms with Gasteiger partial charge in [0.2, 0.25) is 17.8 Å². The van der Waals surface area contributed by atoms with Crippen LogP contribution in [0.1, 0.15) is 79.0 Å². The molecule has 0 amide bonds. The van der Waals surface area contributed by atoms with Crippen LogP contribution in [-0.4, -0.2) is 64.6 Å². The number of rotatable bonds is 23. The van der Waals surface area contributed by atoms with Crippen LogP contribution in [0, 0.1) is 0 Å². The van der Waals surface area contributed by atoms with Crippen LogP contribution in [0.3, 0.4) is 0 Å². The number of unbranched alkanes of at least 4 members (excludes halogenated alkanes) is 4. The monoisotopic (exact) mass is 654 g/mol. The first kappa shape index (κ1) is 36.0. The Morgan fingerprint density at radius 2 is 1.15 bits per heavy atom. The number of hydrogen-bond donors (Lipinski definition) is 4. The van der Waals surface area contributed by atoms with Crippen molar-refractivity contribution in [1.82, 2.24) is 15.0 Å². The molecule has 0 spiro atoms. The Labute approximate surface area is 282 Å². The number of ketones is 2. The summed E-state index contributed by atoms with van der Waals surface area (Å²) in [5.41, 5.74) is 2.84. The van der Waals surface area contributed by atoms with Crippen molar-refractivity contribution in [1.29, 1.82) is 0 Å². The second-order valence-corrected chi connectivity index (χ2v) is 11.3. The van der Waals surface area contributed by atoms with Crippen LogP contribution in [0.5, 0.6) is 5.75 Å². The number of aromatic hydroxyl groups is 1. The molecule has 0 unspecified atom stereocenters. The van der Waals surface area contributed by atoms with Crippen LogP contribution in [0.15, 0.2) is 78.9 Å². The Bertz CT molecular complexity index is 1530. The van der Waals surface area contributed by atoms with Crippen molar-refractivity contribution in [3.8, 4) is 5.75 Å². The van der Waals surface area contributed by atoms with E-state index >= 15 is 0 Å². The number of nitrogens with one attached hydrogen (secondary N) is 3. The van der Waals surface area contributed by atoms with E-state index in [1.165, 1.54) is 19.3 Å². The molecule has 0 atom stereocenters. The number of ether oxygens (including phenoxy) is 2. The molecule has 11 nitrogen and oxygen atoms in total. The lowest BCUT2D eigenvalue weighted by Crippen LogP contribution is -2.15. The van der Waals surface area contributed by atoms with Crippen LogP contribution in [0.4, 0.5) is 29.2 Å². The normalized spacial score (nSPS) is 10.9. The van der Waals surface area contributed by atoms with Crippen molar-refractivity contribution >= 4 is 40.8 Å². The molecule has 0 bridgehead atoms. The number of phenols is 1. The van der Waals surface area contributed by atoms with Gasteiger partial charge in [-0.1, -0.05) is 62.9 Å². The van der Waals surface area contributed by atoms with E-state index < -0.39 is 0 Å². The van der Waals surface area contributed by atoms with Gasteiger partial charge < -0.3 is 30.5 Å². The highest BCUT2D eigenvalue weighted by molar-refractivity contribution is 5.96. The molecule has 4 N–H and O–H groups in total. The van der Waals surface area contributed by atoms with Crippen LogP contribution < -0.4 is 16.0 Å². The zero-order valence-corrected chi connectivity index (χ0v) is 27.6. The third-order valence-corrected chi connectivity index (χ3v) is 7.42. The Hall–Kier alpha value is -4.87. The van der Waals surface area contributed by atoms with Gasteiger partial charge >= 0.3 is 0 Å². The summed E-state index contributed by atoms with van der Waals surface area (Å²) in [4.78, 5) is 38.3. The summed E-state index contributed by atoms with van der Waals surface area (Å²) in [6.07, 6.45) is 7.21. The first-order chi connectivity index (χ1) is 23.5. The van der Waals surface area contributed by atoms with Crippen LogP contribution >= 0.6 is 0 Å². The topological polar surface area (TPSA) is 148 Å². The lowest BCUT2D eigenvalue weighted by Gasteiger charge is -2.12. The highest BCUT2D eigenvalue weighted by Gasteiger charge is 2.10. The summed E-state index contributed by atoms with van der Waals surface area (Å²) in [6.45, 7) is 4.38. The minimum atomic E-state index is 0.118. The fourth-order valence-electron chi connectivity index (χ4n) is 4.80. The van der Waals surface area contributed by atoms with E-state index in [1.807, 2.05) is 54.6 Å². The fraction of sp³-hybridized carbons (Fsp3) is 0.378. The van der Waals surface area contributed by atoms with Gasteiger partial charge in [-0.15, -0.1) is 0 Å². The molecule has 0 aliphatic rings.